The van der Waals surface area contributed by atoms with Crippen LogP contribution >= 0.6 is 24.0 Å². The lowest BCUT2D eigenvalue weighted by Gasteiger charge is -2.29. The van der Waals surface area contributed by atoms with Crippen LogP contribution in [0.3, 0.4) is 0 Å². The minimum Gasteiger partial charge on any atom is -0.396 e. The van der Waals surface area contributed by atoms with Crippen LogP contribution in [-0.4, -0.2) is 49.8 Å². The second-order valence-corrected chi connectivity index (χ2v) is 6.96. The van der Waals surface area contributed by atoms with E-state index in [0.717, 1.165) is 31.4 Å². The molecule has 0 saturated carbocycles. The van der Waals surface area contributed by atoms with Crippen LogP contribution in [0.1, 0.15) is 45.6 Å². The number of rotatable bonds is 12. The number of hydrogen-bond acceptors (Lipinski definition) is 3. The van der Waals surface area contributed by atoms with Crippen molar-refractivity contribution in [2.45, 2.75) is 46.5 Å². The zero-order chi connectivity index (χ0) is 20.8. The van der Waals surface area contributed by atoms with Crippen LogP contribution in [0.4, 0.5) is 4.39 Å². The summed E-state index contributed by atoms with van der Waals surface area (Å²) in [5.41, 5.74) is 0.793. The summed E-state index contributed by atoms with van der Waals surface area (Å²) < 4.78 is 12.9. The Morgan fingerprint density at radius 3 is 2.24 bits per heavy atom. The minimum absolute atomic E-state index is 0. The summed E-state index contributed by atoms with van der Waals surface area (Å²) in [5, 5.41) is 18.6. The first-order chi connectivity index (χ1) is 13.5. The van der Waals surface area contributed by atoms with Crippen molar-refractivity contribution in [3.8, 4) is 0 Å². The van der Waals surface area contributed by atoms with E-state index in [1.54, 1.807) is 12.1 Å². The number of aliphatic hydroxyl groups is 1. The molecule has 0 unspecified atom stereocenters. The van der Waals surface area contributed by atoms with Gasteiger partial charge in [-0.1, -0.05) is 26.0 Å². The number of nitrogens with one attached hydrogen (secondary N) is 3. The molecule has 166 valence electrons. The second kappa shape index (κ2) is 15.4. The molecule has 0 aromatic heterocycles. The minimum atomic E-state index is -0.308. The molecule has 1 amide bonds. The molecule has 0 aliphatic heterocycles. The van der Waals surface area contributed by atoms with Gasteiger partial charge in [-0.3, -0.25) is 9.79 Å². The summed E-state index contributed by atoms with van der Waals surface area (Å²) >= 11 is 0. The van der Waals surface area contributed by atoms with Crippen molar-refractivity contribution >= 4 is 35.8 Å². The third kappa shape index (κ3) is 10.8. The molecule has 29 heavy (non-hydrogen) atoms. The number of carbonyl (C=O) groups is 1. The Bertz CT molecular complexity index is 607. The Labute approximate surface area is 191 Å². The molecule has 0 fully saturated rings. The monoisotopic (exact) mass is 522 g/mol. The molecule has 0 aliphatic carbocycles. The molecular weight excluding hydrogens is 486 g/mol. The average molecular weight is 522 g/mol. The van der Waals surface area contributed by atoms with Gasteiger partial charge in [0.25, 0.3) is 0 Å². The number of amides is 1. The van der Waals surface area contributed by atoms with Crippen LogP contribution in [0.25, 0.3) is 0 Å². The SMILES string of the molecule is CCNC(=NCC(CC)(CC)CCO)NCCNC(=O)Cc1ccc(F)cc1.I. The molecule has 0 bridgehead atoms. The zero-order valence-corrected chi connectivity index (χ0v) is 20.1. The van der Waals surface area contributed by atoms with E-state index in [0.29, 0.717) is 25.6 Å². The first kappa shape index (κ1) is 27.6. The van der Waals surface area contributed by atoms with Crippen LogP contribution in [0.2, 0.25) is 0 Å². The number of carbonyl (C=O) groups excluding carboxylic acids is 1. The number of benzene rings is 1. The van der Waals surface area contributed by atoms with E-state index in [1.807, 2.05) is 6.92 Å². The third-order valence-electron chi connectivity index (χ3n) is 5.08. The molecular formula is C21H36FIN4O2. The van der Waals surface area contributed by atoms with Crippen molar-refractivity contribution in [3.05, 3.63) is 35.6 Å². The molecule has 0 saturated heterocycles. The first-order valence-electron chi connectivity index (χ1n) is 10.1. The maximum Gasteiger partial charge on any atom is 0.224 e. The van der Waals surface area contributed by atoms with Crippen molar-refractivity contribution in [2.24, 2.45) is 10.4 Å². The normalized spacial score (nSPS) is 11.6. The molecule has 1 aromatic rings. The van der Waals surface area contributed by atoms with E-state index < -0.39 is 0 Å². The topological polar surface area (TPSA) is 85.8 Å². The Hall–Kier alpha value is -1.42. The summed E-state index contributed by atoms with van der Waals surface area (Å²) in [5.74, 6) is 0.298. The number of nitrogens with zero attached hydrogens (tertiary/aromatic N) is 1. The van der Waals surface area contributed by atoms with E-state index >= 15 is 0 Å². The van der Waals surface area contributed by atoms with Crippen LogP contribution in [-0.2, 0) is 11.2 Å². The first-order valence-corrected chi connectivity index (χ1v) is 10.1. The Kier molecular flexibility index (Phi) is 14.7. The van der Waals surface area contributed by atoms with Gasteiger partial charge in [0.2, 0.25) is 5.91 Å². The van der Waals surface area contributed by atoms with Gasteiger partial charge in [-0.2, -0.15) is 0 Å². The van der Waals surface area contributed by atoms with E-state index in [1.165, 1.54) is 12.1 Å². The largest absolute Gasteiger partial charge is 0.396 e. The van der Waals surface area contributed by atoms with E-state index in [-0.39, 0.29) is 54.1 Å². The summed E-state index contributed by atoms with van der Waals surface area (Å²) in [6.45, 7) is 8.84. The van der Waals surface area contributed by atoms with Crippen molar-refractivity contribution in [1.29, 1.82) is 0 Å². The molecule has 0 heterocycles. The molecule has 4 N–H and O–H groups in total. The summed E-state index contributed by atoms with van der Waals surface area (Å²) in [6.07, 6.45) is 2.90. The van der Waals surface area contributed by atoms with E-state index in [2.05, 4.69) is 34.8 Å². The van der Waals surface area contributed by atoms with Crippen LogP contribution < -0.4 is 16.0 Å². The van der Waals surface area contributed by atoms with Gasteiger partial charge in [0.15, 0.2) is 5.96 Å². The van der Waals surface area contributed by atoms with Gasteiger partial charge in [0.1, 0.15) is 5.82 Å². The van der Waals surface area contributed by atoms with Gasteiger partial charge >= 0.3 is 0 Å². The third-order valence-corrected chi connectivity index (χ3v) is 5.08. The maximum atomic E-state index is 12.9. The lowest BCUT2D eigenvalue weighted by atomic mass is 9.79. The number of hydrogen-bond donors (Lipinski definition) is 4. The molecule has 8 heteroatoms. The molecule has 6 nitrogen and oxygen atoms in total. The molecule has 0 radical (unpaired) electrons. The smallest absolute Gasteiger partial charge is 0.224 e. The maximum absolute atomic E-state index is 12.9. The zero-order valence-electron chi connectivity index (χ0n) is 17.8. The summed E-state index contributed by atoms with van der Waals surface area (Å²) in [6, 6.07) is 5.94. The molecule has 0 atom stereocenters. The average Bonchev–Trinajstić information content (AvgIpc) is 2.70. The Morgan fingerprint density at radius 1 is 1.07 bits per heavy atom. The highest BCUT2D eigenvalue weighted by Gasteiger charge is 2.25. The van der Waals surface area contributed by atoms with E-state index in [4.69, 9.17) is 0 Å². The highest BCUT2D eigenvalue weighted by Crippen LogP contribution is 2.30. The number of aliphatic hydroxyl groups excluding tert-OH is 1. The molecule has 1 rings (SSSR count). The van der Waals surface area contributed by atoms with Gasteiger partial charge in [0, 0.05) is 32.8 Å². The standard InChI is InChI=1S/C21H35FN4O2.HI/c1-4-21(5-2,11-14-27)16-26-20(23-6-3)25-13-12-24-19(28)15-17-7-9-18(22)10-8-17;/h7-10,27H,4-6,11-16H2,1-3H3,(H,24,28)(H2,23,25,26);1H. The van der Waals surface area contributed by atoms with Gasteiger partial charge < -0.3 is 21.1 Å². The van der Waals surface area contributed by atoms with Gasteiger partial charge in [-0.15, -0.1) is 24.0 Å². The fourth-order valence-electron chi connectivity index (χ4n) is 2.96. The lowest BCUT2D eigenvalue weighted by Crippen LogP contribution is -2.42. The second-order valence-electron chi connectivity index (χ2n) is 6.96. The quantitative estimate of drug-likeness (QED) is 0.147. The lowest BCUT2D eigenvalue weighted by molar-refractivity contribution is -0.120. The van der Waals surface area contributed by atoms with Crippen molar-refractivity contribution in [3.63, 3.8) is 0 Å². The van der Waals surface area contributed by atoms with Gasteiger partial charge in [-0.25, -0.2) is 4.39 Å². The highest BCUT2D eigenvalue weighted by molar-refractivity contribution is 14.0. The predicted octanol–water partition coefficient (Wildman–Crippen LogP) is 2.85. The highest BCUT2D eigenvalue weighted by atomic mass is 127. The Morgan fingerprint density at radius 2 is 1.69 bits per heavy atom. The summed E-state index contributed by atoms with van der Waals surface area (Å²) in [4.78, 5) is 16.6. The van der Waals surface area contributed by atoms with Crippen LogP contribution in [0.15, 0.2) is 29.3 Å². The number of aliphatic imine (C=N–C) groups is 1. The van der Waals surface area contributed by atoms with Crippen LogP contribution in [0, 0.1) is 11.2 Å². The van der Waals surface area contributed by atoms with Crippen molar-refractivity contribution in [1.82, 2.24) is 16.0 Å². The van der Waals surface area contributed by atoms with E-state index in [9.17, 15) is 14.3 Å². The van der Waals surface area contributed by atoms with Gasteiger partial charge in [-0.05, 0) is 49.3 Å². The predicted molar refractivity (Wildman–Crippen MR) is 127 cm³/mol. The van der Waals surface area contributed by atoms with Crippen LogP contribution in [0.5, 0.6) is 0 Å². The Balaban J connectivity index is 0.00000784. The summed E-state index contributed by atoms with van der Waals surface area (Å²) in [7, 11) is 0. The van der Waals surface area contributed by atoms with Crippen molar-refractivity contribution < 1.29 is 14.3 Å². The molecule has 0 aliphatic rings. The fraction of sp³-hybridized carbons (Fsp3) is 0.619. The number of halogens is 2. The van der Waals surface area contributed by atoms with Crippen molar-refractivity contribution in [2.75, 3.05) is 32.8 Å². The number of guanidine groups is 1. The molecule has 0 spiro atoms. The fourth-order valence-corrected chi connectivity index (χ4v) is 2.96. The molecule has 1 aromatic carbocycles. The van der Waals surface area contributed by atoms with Gasteiger partial charge in [0.05, 0.1) is 6.42 Å².